The monoisotopic (exact) mass is 412 g/mol. The molecule has 1 aromatic rings. The summed E-state index contributed by atoms with van der Waals surface area (Å²) in [6, 6.07) is 6.13. The minimum atomic E-state index is -5.49. The third-order valence-electron chi connectivity index (χ3n) is 2.48. The number of alkyl halides is 7. The number of rotatable bonds is 4. The fourth-order valence-electron chi connectivity index (χ4n) is 1.49. The first-order chi connectivity index (χ1) is 9.05. The molecule has 0 amide bonds. The van der Waals surface area contributed by atoms with Gasteiger partial charge in [-0.2, -0.15) is 26.3 Å². The normalized spacial score (nSPS) is 14.7. The second-order valence-electron chi connectivity index (χ2n) is 4.15. The molecule has 0 aliphatic rings. The maximum absolute atomic E-state index is 12.4. The van der Waals surface area contributed by atoms with Crippen LogP contribution in [-0.2, 0) is 4.74 Å². The Kier molecular flexibility index (Phi) is 5.70. The predicted molar refractivity (Wildman–Crippen MR) is 69.8 cm³/mol. The molecule has 0 N–H and O–H groups in total. The van der Waals surface area contributed by atoms with E-state index in [0.717, 1.165) is 5.56 Å². The van der Waals surface area contributed by atoms with E-state index in [0.29, 0.717) is 0 Å². The van der Waals surface area contributed by atoms with Crippen molar-refractivity contribution in [3.63, 3.8) is 0 Å². The molecule has 0 aromatic heterocycles. The summed E-state index contributed by atoms with van der Waals surface area (Å²) < 4.78 is 78.9. The quantitative estimate of drug-likeness (QED) is 0.385. The maximum Gasteiger partial charge on any atom is 0.423 e. The summed E-state index contributed by atoms with van der Waals surface area (Å²) in [7, 11) is 0. The molecule has 0 saturated carbocycles. The van der Waals surface area contributed by atoms with Gasteiger partial charge in [-0.25, -0.2) is 0 Å². The molecule has 1 rings (SSSR count). The average molecular weight is 412 g/mol. The fourth-order valence-corrected chi connectivity index (χ4v) is 2.21. The van der Waals surface area contributed by atoms with Crippen molar-refractivity contribution in [2.75, 3.05) is 4.43 Å². The van der Waals surface area contributed by atoms with Crippen LogP contribution in [-0.4, -0.2) is 22.9 Å². The number of hydrogen-bond donors (Lipinski definition) is 0. The van der Waals surface area contributed by atoms with Gasteiger partial charge in [0.15, 0.2) is 0 Å². The van der Waals surface area contributed by atoms with Crippen molar-refractivity contribution in [2.24, 2.45) is 0 Å². The van der Waals surface area contributed by atoms with Gasteiger partial charge in [-0.1, -0.05) is 52.4 Å². The van der Waals surface area contributed by atoms with Crippen molar-refractivity contribution in [3.8, 4) is 0 Å². The minimum Gasteiger partial charge on any atom is -0.352 e. The molecule has 8 heteroatoms. The second-order valence-corrected chi connectivity index (χ2v) is 5.03. The van der Waals surface area contributed by atoms with E-state index in [2.05, 4.69) is 4.74 Å². The van der Waals surface area contributed by atoms with Crippen LogP contribution in [0.5, 0.6) is 0 Å². The molecule has 0 spiro atoms. The lowest BCUT2D eigenvalue weighted by atomic mass is 10.1. The van der Waals surface area contributed by atoms with Crippen LogP contribution in [0.3, 0.4) is 0 Å². The number of halogens is 7. The van der Waals surface area contributed by atoms with Crippen LogP contribution < -0.4 is 0 Å². The molecule has 0 bridgehead atoms. The third-order valence-corrected chi connectivity index (χ3v) is 3.28. The van der Waals surface area contributed by atoms with Crippen molar-refractivity contribution < 1.29 is 31.1 Å². The van der Waals surface area contributed by atoms with Gasteiger partial charge in [-0.05, 0) is 12.5 Å². The lowest BCUT2D eigenvalue weighted by Gasteiger charge is -2.27. The van der Waals surface area contributed by atoms with Crippen molar-refractivity contribution in [1.29, 1.82) is 0 Å². The number of ether oxygens (including phenoxy) is 1. The molecule has 1 unspecified atom stereocenters. The molecular weight excluding hydrogens is 401 g/mol. The van der Waals surface area contributed by atoms with E-state index in [9.17, 15) is 26.3 Å². The number of aryl methyl sites for hydroxylation is 1. The van der Waals surface area contributed by atoms with Crippen molar-refractivity contribution in [2.45, 2.75) is 31.5 Å². The van der Waals surface area contributed by atoms with Crippen LogP contribution in [0.25, 0.3) is 0 Å². The van der Waals surface area contributed by atoms with Gasteiger partial charge in [0, 0.05) is 4.43 Å². The molecule has 0 radical (unpaired) electrons. The van der Waals surface area contributed by atoms with Crippen LogP contribution in [0.15, 0.2) is 24.3 Å². The Hall–Kier alpha value is -0.510. The zero-order valence-corrected chi connectivity index (χ0v) is 12.4. The summed E-state index contributed by atoms with van der Waals surface area (Å²) >= 11 is 1.69. The van der Waals surface area contributed by atoms with Crippen molar-refractivity contribution in [1.82, 2.24) is 0 Å². The van der Waals surface area contributed by atoms with Crippen LogP contribution in [0.4, 0.5) is 26.3 Å². The Morgan fingerprint density at radius 2 is 1.45 bits per heavy atom. The van der Waals surface area contributed by atoms with Gasteiger partial charge in [0.25, 0.3) is 0 Å². The van der Waals surface area contributed by atoms with Crippen LogP contribution in [0.2, 0.25) is 0 Å². The van der Waals surface area contributed by atoms with Crippen LogP contribution in [0, 0.1) is 6.92 Å². The zero-order chi connectivity index (χ0) is 15.6. The van der Waals surface area contributed by atoms with Crippen LogP contribution in [0.1, 0.15) is 17.2 Å². The maximum atomic E-state index is 12.4. The van der Waals surface area contributed by atoms with Gasteiger partial charge >= 0.3 is 12.4 Å². The summed E-state index contributed by atoms with van der Waals surface area (Å²) in [4.78, 5) is 0. The standard InChI is InChI=1S/C12H11F6IO/c1-7-2-4-8(5-3-7)9(6-19)20-10(11(13,14)15)12(16,17)18/h2-5,9-10H,6H2,1H3. The van der Waals surface area contributed by atoms with E-state index in [4.69, 9.17) is 0 Å². The zero-order valence-electron chi connectivity index (χ0n) is 10.2. The lowest BCUT2D eigenvalue weighted by Crippen LogP contribution is -2.45. The Balaban J connectivity index is 2.98. The molecular formula is C12H11F6IO. The highest BCUT2D eigenvalue weighted by molar-refractivity contribution is 14.1. The summed E-state index contributed by atoms with van der Waals surface area (Å²) in [5.74, 6) is 0. The molecule has 20 heavy (non-hydrogen) atoms. The molecule has 114 valence electrons. The SMILES string of the molecule is Cc1ccc(C(CI)OC(C(F)(F)F)C(F)(F)F)cc1. The Labute approximate surface area is 125 Å². The molecule has 0 heterocycles. The molecule has 0 aliphatic carbocycles. The highest BCUT2D eigenvalue weighted by Gasteiger charge is 2.58. The summed E-state index contributed by atoms with van der Waals surface area (Å²) in [6.45, 7) is 1.76. The van der Waals surface area contributed by atoms with Crippen molar-refractivity contribution >= 4 is 22.6 Å². The van der Waals surface area contributed by atoms with E-state index in [-0.39, 0.29) is 9.99 Å². The largest absolute Gasteiger partial charge is 0.423 e. The van der Waals surface area contributed by atoms with E-state index in [1.807, 2.05) is 0 Å². The van der Waals surface area contributed by atoms with E-state index >= 15 is 0 Å². The van der Waals surface area contributed by atoms with E-state index in [1.54, 1.807) is 41.6 Å². The molecule has 0 aliphatic heterocycles. The smallest absolute Gasteiger partial charge is 0.352 e. The molecule has 0 saturated heterocycles. The lowest BCUT2D eigenvalue weighted by molar-refractivity contribution is -0.330. The summed E-state index contributed by atoms with van der Waals surface area (Å²) in [6.07, 6.45) is -16.0. The number of benzene rings is 1. The Bertz CT molecular complexity index is 411. The molecule has 1 atom stereocenters. The highest BCUT2D eigenvalue weighted by atomic mass is 127. The summed E-state index contributed by atoms with van der Waals surface area (Å²) in [5.41, 5.74) is 1.13. The number of hydrogen-bond acceptors (Lipinski definition) is 1. The Morgan fingerprint density at radius 3 is 1.80 bits per heavy atom. The summed E-state index contributed by atoms with van der Waals surface area (Å²) in [5, 5.41) is 0. The molecule has 0 fully saturated rings. The van der Waals surface area contributed by atoms with E-state index < -0.39 is 24.6 Å². The van der Waals surface area contributed by atoms with Gasteiger partial charge in [0.2, 0.25) is 6.10 Å². The Morgan fingerprint density at radius 1 is 1.00 bits per heavy atom. The van der Waals surface area contributed by atoms with E-state index in [1.165, 1.54) is 12.1 Å². The average Bonchev–Trinajstić information content (AvgIpc) is 2.28. The van der Waals surface area contributed by atoms with Gasteiger partial charge in [0.1, 0.15) is 0 Å². The van der Waals surface area contributed by atoms with Gasteiger partial charge < -0.3 is 4.74 Å². The van der Waals surface area contributed by atoms with Gasteiger partial charge in [-0.15, -0.1) is 0 Å². The third kappa shape index (κ3) is 4.80. The van der Waals surface area contributed by atoms with Crippen molar-refractivity contribution in [3.05, 3.63) is 35.4 Å². The first kappa shape index (κ1) is 17.5. The van der Waals surface area contributed by atoms with Crippen LogP contribution >= 0.6 is 22.6 Å². The fraction of sp³-hybridized carbons (Fsp3) is 0.500. The van der Waals surface area contributed by atoms with Gasteiger partial charge in [0.05, 0.1) is 6.10 Å². The minimum absolute atomic E-state index is 0.0243. The molecule has 1 nitrogen and oxygen atoms in total. The topological polar surface area (TPSA) is 9.23 Å². The van der Waals surface area contributed by atoms with Gasteiger partial charge in [-0.3, -0.25) is 0 Å². The molecule has 1 aromatic carbocycles. The first-order valence-corrected chi connectivity index (χ1v) is 6.99. The highest BCUT2D eigenvalue weighted by Crippen LogP contribution is 2.39. The predicted octanol–water partition coefficient (Wildman–Crippen LogP) is 4.98. The first-order valence-electron chi connectivity index (χ1n) is 5.47. The second kappa shape index (κ2) is 6.50.